The lowest BCUT2D eigenvalue weighted by Crippen LogP contribution is -2.42. The van der Waals surface area contributed by atoms with Crippen LogP contribution in [-0.2, 0) is 17.9 Å². The minimum absolute atomic E-state index is 0.0108. The highest BCUT2D eigenvalue weighted by atomic mass is 32.1. The van der Waals surface area contributed by atoms with Gasteiger partial charge < -0.3 is 20.4 Å². The zero-order valence-corrected chi connectivity index (χ0v) is 16.5. The summed E-state index contributed by atoms with van der Waals surface area (Å²) in [6.07, 6.45) is 0. The van der Waals surface area contributed by atoms with E-state index in [4.69, 9.17) is 0 Å². The first-order valence-corrected chi connectivity index (χ1v) is 9.21. The molecule has 0 atom stereocenters. The molecule has 2 heterocycles. The third kappa shape index (κ3) is 6.36. The van der Waals surface area contributed by atoms with Crippen molar-refractivity contribution in [2.24, 2.45) is 4.99 Å². The van der Waals surface area contributed by atoms with Gasteiger partial charge in [0.15, 0.2) is 5.96 Å². The molecule has 0 saturated carbocycles. The Balaban J connectivity index is 2.04. The average Bonchev–Trinajstić information content (AvgIpc) is 3.14. The number of aromatic nitrogens is 1. The number of hydrogen-bond acceptors (Lipinski definition) is 5. The van der Waals surface area contributed by atoms with Crippen LogP contribution in [0.25, 0.3) is 0 Å². The fourth-order valence-electron chi connectivity index (χ4n) is 2.04. The van der Waals surface area contributed by atoms with Crippen molar-refractivity contribution < 1.29 is 4.79 Å². The molecule has 0 aliphatic rings. The molecule has 2 N–H and O–H groups in total. The van der Waals surface area contributed by atoms with Gasteiger partial charge in [-0.3, -0.25) is 4.79 Å². The average molecular weight is 375 g/mol. The summed E-state index contributed by atoms with van der Waals surface area (Å²) in [5.74, 6) is 1.47. The molecule has 0 aliphatic heterocycles. The molecule has 0 bridgehead atoms. The summed E-state index contributed by atoms with van der Waals surface area (Å²) in [5.41, 5.74) is 0.868. The number of amides is 1. The van der Waals surface area contributed by atoms with Crippen LogP contribution in [0.5, 0.6) is 0 Å². The maximum Gasteiger partial charge on any atom is 0.241 e. The van der Waals surface area contributed by atoms with Crippen LogP contribution in [0.3, 0.4) is 0 Å². The van der Waals surface area contributed by atoms with Gasteiger partial charge in [-0.15, -0.1) is 11.3 Å². The Labute approximate surface area is 158 Å². The predicted molar refractivity (Wildman–Crippen MR) is 108 cm³/mol. The van der Waals surface area contributed by atoms with E-state index < -0.39 is 0 Å². The molecule has 8 heteroatoms. The van der Waals surface area contributed by atoms with Crippen LogP contribution in [0.2, 0.25) is 0 Å². The summed E-state index contributed by atoms with van der Waals surface area (Å²) < 4.78 is 0. The molecule has 2 aromatic heterocycles. The van der Waals surface area contributed by atoms with Crippen LogP contribution in [0.4, 0.5) is 5.82 Å². The minimum Gasteiger partial charge on any atom is -0.363 e. The van der Waals surface area contributed by atoms with Gasteiger partial charge in [0.2, 0.25) is 5.91 Å². The van der Waals surface area contributed by atoms with Crippen molar-refractivity contribution in [1.82, 2.24) is 20.5 Å². The van der Waals surface area contributed by atoms with E-state index in [2.05, 4.69) is 26.7 Å². The standard InChI is InChI=1S/C18H26N6OS/c1-23(2)16-9-5-7-14(22-16)11-19-18(21-13-17(25)24(3)4)20-12-15-8-6-10-26-15/h5-10H,11-13H2,1-4H3,(H2,19,20,21). The molecular formula is C18H26N6OS. The quantitative estimate of drug-likeness (QED) is 0.568. The van der Waals surface area contributed by atoms with E-state index in [0.29, 0.717) is 19.0 Å². The first-order chi connectivity index (χ1) is 12.5. The van der Waals surface area contributed by atoms with Gasteiger partial charge in [0.1, 0.15) is 5.82 Å². The van der Waals surface area contributed by atoms with Gasteiger partial charge in [0.05, 0.1) is 25.3 Å². The number of hydrogen-bond donors (Lipinski definition) is 2. The van der Waals surface area contributed by atoms with Gasteiger partial charge >= 0.3 is 0 Å². The van der Waals surface area contributed by atoms with Crippen molar-refractivity contribution in [2.75, 3.05) is 39.6 Å². The molecule has 0 unspecified atom stereocenters. The lowest BCUT2D eigenvalue weighted by Gasteiger charge is -2.15. The zero-order valence-electron chi connectivity index (χ0n) is 15.7. The maximum atomic E-state index is 11.8. The topological polar surface area (TPSA) is 72.9 Å². The fourth-order valence-corrected chi connectivity index (χ4v) is 2.68. The van der Waals surface area contributed by atoms with E-state index in [1.54, 1.807) is 30.3 Å². The number of thiophene rings is 1. The Kier molecular flexibility index (Phi) is 7.40. The molecule has 0 aromatic carbocycles. The predicted octanol–water partition coefficient (Wildman–Crippen LogP) is 1.53. The molecule has 0 saturated heterocycles. The lowest BCUT2D eigenvalue weighted by molar-refractivity contribution is -0.127. The summed E-state index contributed by atoms with van der Waals surface area (Å²) in [4.78, 5) is 25.7. The molecule has 26 heavy (non-hydrogen) atoms. The molecule has 0 aliphatic carbocycles. The van der Waals surface area contributed by atoms with E-state index in [1.165, 1.54) is 4.88 Å². The van der Waals surface area contributed by atoms with Gasteiger partial charge in [-0.1, -0.05) is 12.1 Å². The summed E-state index contributed by atoms with van der Waals surface area (Å²) in [5, 5.41) is 8.38. The molecule has 0 spiro atoms. The van der Waals surface area contributed by atoms with Crippen molar-refractivity contribution in [1.29, 1.82) is 0 Å². The number of guanidine groups is 1. The van der Waals surface area contributed by atoms with E-state index >= 15 is 0 Å². The Hall–Kier alpha value is -2.61. The van der Waals surface area contributed by atoms with Gasteiger partial charge in [0, 0.05) is 33.1 Å². The second-order valence-electron chi connectivity index (χ2n) is 6.12. The summed E-state index contributed by atoms with van der Waals surface area (Å²) in [6.45, 7) is 1.27. The number of rotatable bonds is 7. The van der Waals surface area contributed by atoms with Crippen molar-refractivity contribution in [3.8, 4) is 0 Å². The normalized spacial score (nSPS) is 11.2. The number of carbonyl (C=O) groups is 1. The van der Waals surface area contributed by atoms with E-state index in [0.717, 1.165) is 11.5 Å². The number of carbonyl (C=O) groups excluding carboxylic acids is 1. The number of aliphatic imine (C=N–C) groups is 1. The monoisotopic (exact) mass is 374 g/mol. The number of anilines is 1. The van der Waals surface area contributed by atoms with E-state index in [9.17, 15) is 4.79 Å². The van der Waals surface area contributed by atoms with Crippen LogP contribution in [0.1, 0.15) is 10.6 Å². The second-order valence-corrected chi connectivity index (χ2v) is 7.15. The van der Waals surface area contributed by atoms with Crippen LogP contribution in [0.15, 0.2) is 40.7 Å². The first kappa shape index (κ1) is 19.7. The van der Waals surface area contributed by atoms with Crippen LogP contribution < -0.4 is 15.5 Å². The molecule has 7 nitrogen and oxygen atoms in total. The highest BCUT2D eigenvalue weighted by Crippen LogP contribution is 2.09. The maximum absolute atomic E-state index is 11.8. The molecule has 0 fully saturated rings. The summed E-state index contributed by atoms with van der Waals surface area (Å²) in [6, 6.07) is 9.94. The van der Waals surface area contributed by atoms with Crippen molar-refractivity contribution in [3.63, 3.8) is 0 Å². The molecule has 1 amide bonds. The van der Waals surface area contributed by atoms with Crippen molar-refractivity contribution in [3.05, 3.63) is 46.3 Å². The molecule has 140 valence electrons. The van der Waals surface area contributed by atoms with E-state index in [1.807, 2.05) is 48.6 Å². The largest absolute Gasteiger partial charge is 0.363 e. The Morgan fingerprint density at radius 1 is 1.15 bits per heavy atom. The molecule has 2 rings (SSSR count). The van der Waals surface area contributed by atoms with Crippen LogP contribution in [0, 0.1) is 0 Å². The number of pyridine rings is 1. The van der Waals surface area contributed by atoms with Gasteiger partial charge in [-0.05, 0) is 23.6 Å². The number of nitrogens with one attached hydrogen (secondary N) is 2. The summed E-state index contributed by atoms with van der Waals surface area (Å²) >= 11 is 1.68. The zero-order chi connectivity index (χ0) is 18.9. The van der Waals surface area contributed by atoms with Crippen molar-refractivity contribution in [2.45, 2.75) is 13.1 Å². The highest BCUT2D eigenvalue weighted by molar-refractivity contribution is 7.09. The third-order valence-corrected chi connectivity index (χ3v) is 4.44. The SMILES string of the molecule is CN(C)C(=O)CNC(=NCc1cccc(N(C)C)n1)NCc1cccs1. The molecule has 2 aromatic rings. The number of likely N-dealkylation sites (N-methyl/N-ethyl adjacent to an activating group) is 1. The van der Waals surface area contributed by atoms with E-state index in [-0.39, 0.29) is 12.5 Å². The van der Waals surface area contributed by atoms with Crippen LogP contribution >= 0.6 is 11.3 Å². The summed E-state index contributed by atoms with van der Waals surface area (Å²) in [7, 11) is 7.38. The molecule has 0 radical (unpaired) electrons. The van der Waals surface area contributed by atoms with Crippen LogP contribution in [-0.4, -0.2) is 56.5 Å². The second kappa shape index (κ2) is 9.76. The van der Waals surface area contributed by atoms with Crippen molar-refractivity contribution >= 4 is 29.0 Å². The highest BCUT2D eigenvalue weighted by Gasteiger charge is 2.07. The Morgan fingerprint density at radius 2 is 1.96 bits per heavy atom. The van der Waals surface area contributed by atoms with Gasteiger partial charge in [-0.25, -0.2) is 9.98 Å². The smallest absolute Gasteiger partial charge is 0.241 e. The first-order valence-electron chi connectivity index (χ1n) is 8.33. The number of nitrogens with zero attached hydrogens (tertiary/aromatic N) is 4. The van der Waals surface area contributed by atoms with Gasteiger partial charge in [0.25, 0.3) is 0 Å². The molecular weight excluding hydrogens is 348 g/mol. The third-order valence-electron chi connectivity index (χ3n) is 3.57. The fraction of sp³-hybridized carbons (Fsp3) is 0.389. The lowest BCUT2D eigenvalue weighted by atomic mass is 10.3. The van der Waals surface area contributed by atoms with Gasteiger partial charge in [-0.2, -0.15) is 0 Å². The Morgan fingerprint density at radius 3 is 2.62 bits per heavy atom. The Bertz CT molecular complexity index is 727. The minimum atomic E-state index is -0.0108.